The van der Waals surface area contributed by atoms with Crippen molar-refractivity contribution in [2.75, 3.05) is 12.4 Å². The van der Waals surface area contributed by atoms with Crippen molar-refractivity contribution in [2.24, 2.45) is 0 Å². The van der Waals surface area contributed by atoms with Crippen LogP contribution in [0, 0.1) is 5.82 Å². The van der Waals surface area contributed by atoms with E-state index in [0.717, 1.165) is 16.9 Å². The minimum absolute atomic E-state index is 0.00119. The summed E-state index contributed by atoms with van der Waals surface area (Å²) < 4.78 is 22.6. The molecule has 1 spiro atoms. The molecular formula is C28H21Cl2FN4O3. The summed E-state index contributed by atoms with van der Waals surface area (Å²) in [5.74, 6) is -1.42. The van der Waals surface area contributed by atoms with Gasteiger partial charge in [-0.2, -0.15) is 0 Å². The highest BCUT2D eigenvalue weighted by Gasteiger charge is 2.63. The van der Waals surface area contributed by atoms with Crippen LogP contribution in [0.1, 0.15) is 39.1 Å². The number of halogens is 3. The number of nitrogens with one attached hydrogen (secondary N) is 2. The third-order valence-corrected chi connectivity index (χ3v) is 8.68. The van der Waals surface area contributed by atoms with Gasteiger partial charge in [-0.15, -0.1) is 0 Å². The van der Waals surface area contributed by atoms with Crippen molar-refractivity contribution in [3.63, 3.8) is 0 Å². The number of methoxy groups -OCH3 is 1. The monoisotopic (exact) mass is 550 g/mol. The highest BCUT2D eigenvalue weighted by Crippen LogP contribution is 2.55. The van der Waals surface area contributed by atoms with Gasteiger partial charge < -0.3 is 14.6 Å². The van der Waals surface area contributed by atoms with Crippen molar-refractivity contribution >= 4 is 51.8 Å². The number of nitrogens with zero attached hydrogens (tertiary/aromatic N) is 2. The Kier molecular flexibility index (Phi) is 5.14. The molecule has 2 N–H and O–H groups in total. The molecule has 1 saturated heterocycles. The van der Waals surface area contributed by atoms with E-state index in [2.05, 4.69) is 10.6 Å². The third kappa shape index (κ3) is 3.20. The number of imidazole rings is 1. The van der Waals surface area contributed by atoms with Crippen molar-refractivity contribution in [3.05, 3.63) is 93.0 Å². The highest BCUT2D eigenvalue weighted by molar-refractivity contribution is 6.31. The maximum Gasteiger partial charge on any atom is 0.337 e. The number of amides is 1. The molecule has 4 aromatic rings. The molecule has 7 nitrogen and oxygen atoms in total. The fourth-order valence-electron chi connectivity index (χ4n) is 6.59. The van der Waals surface area contributed by atoms with E-state index < -0.39 is 23.2 Å². The Morgan fingerprint density at radius 3 is 2.84 bits per heavy atom. The van der Waals surface area contributed by atoms with E-state index in [-0.39, 0.29) is 22.9 Å². The van der Waals surface area contributed by atoms with Crippen LogP contribution < -0.4 is 10.6 Å². The minimum atomic E-state index is -1.14. The number of rotatable bonds is 2. The second kappa shape index (κ2) is 8.27. The number of ether oxygens (including phenoxy) is 1. The van der Waals surface area contributed by atoms with Crippen molar-refractivity contribution in [1.29, 1.82) is 0 Å². The first-order valence-corrected chi connectivity index (χ1v) is 13.0. The molecule has 4 heterocycles. The summed E-state index contributed by atoms with van der Waals surface area (Å²) in [4.78, 5) is 31.0. The van der Waals surface area contributed by atoms with Crippen LogP contribution in [-0.2, 0) is 22.5 Å². The lowest BCUT2D eigenvalue weighted by atomic mass is 9.70. The van der Waals surface area contributed by atoms with Gasteiger partial charge in [-0.1, -0.05) is 41.4 Å². The van der Waals surface area contributed by atoms with Crippen LogP contribution in [-0.4, -0.2) is 40.1 Å². The van der Waals surface area contributed by atoms with Gasteiger partial charge in [-0.05, 0) is 47.5 Å². The van der Waals surface area contributed by atoms with Crippen molar-refractivity contribution < 1.29 is 18.7 Å². The fourth-order valence-corrected chi connectivity index (χ4v) is 6.94. The number of benzene rings is 3. The van der Waals surface area contributed by atoms with Gasteiger partial charge in [-0.25, -0.2) is 14.2 Å². The number of hydrogen-bond acceptors (Lipinski definition) is 5. The van der Waals surface area contributed by atoms with Gasteiger partial charge in [0.1, 0.15) is 17.2 Å². The second-order valence-corrected chi connectivity index (χ2v) is 10.9. The molecule has 7 rings (SSSR count). The van der Waals surface area contributed by atoms with Gasteiger partial charge in [-0.3, -0.25) is 10.1 Å². The van der Waals surface area contributed by atoms with Gasteiger partial charge in [0.25, 0.3) is 0 Å². The molecule has 1 amide bonds. The largest absolute Gasteiger partial charge is 0.465 e. The molecule has 0 saturated carbocycles. The molecule has 3 aromatic carbocycles. The van der Waals surface area contributed by atoms with E-state index in [4.69, 9.17) is 32.9 Å². The van der Waals surface area contributed by atoms with E-state index in [9.17, 15) is 9.59 Å². The predicted molar refractivity (Wildman–Crippen MR) is 141 cm³/mol. The number of fused-ring (bicyclic) bond motifs is 6. The standard InChI is InChI=1S/C28H21Cl2FN4O3/c1-38-26(36)13-6-8-18-21(9-13)35-12-20-22(25(35)32-18)23(16-3-2-4-17(30)24(16)31)28(34-20)11-14-5-7-15(29)10-19(14)33-27(28)37/h2-10,20,22-23,34H,11-12H2,1H3,(H,33,37)/t20-,22+,23-,28+/m0/s1. The summed E-state index contributed by atoms with van der Waals surface area (Å²) in [6.07, 6.45) is 0.349. The van der Waals surface area contributed by atoms with Crippen LogP contribution in [0.25, 0.3) is 11.0 Å². The normalized spacial score (nSPS) is 25.3. The van der Waals surface area contributed by atoms with Crippen molar-refractivity contribution in [1.82, 2.24) is 14.9 Å². The highest BCUT2D eigenvalue weighted by atomic mass is 35.5. The Bertz CT molecular complexity index is 1690. The number of anilines is 1. The number of esters is 1. The van der Waals surface area contributed by atoms with E-state index in [1.54, 1.807) is 42.5 Å². The Morgan fingerprint density at radius 2 is 2.03 bits per heavy atom. The van der Waals surface area contributed by atoms with Crippen LogP contribution in [0.5, 0.6) is 0 Å². The Balaban J connectivity index is 1.42. The van der Waals surface area contributed by atoms with E-state index in [0.29, 0.717) is 40.3 Å². The molecule has 0 unspecified atom stereocenters. The smallest absolute Gasteiger partial charge is 0.337 e. The molecule has 1 fully saturated rings. The molecule has 4 atom stereocenters. The van der Waals surface area contributed by atoms with Crippen molar-refractivity contribution in [2.45, 2.75) is 36.4 Å². The molecule has 1 aromatic heterocycles. The Morgan fingerprint density at radius 1 is 1.18 bits per heavy atom. The maximum atomic E-state index is 15.7. The maximum absolute atomic E-state index is 15.7. The number of carbonyl (C=O) groups is 2. The molecule has 38 heavy (non-hydrogen) atoms. The zero-order chi connectivity index (χ0) is 26.3. The van der Waals surface area contributed by atoms with Crippen LogP contribution in [0.3, 0.4) is 0 Å². The zero-order valence-corrected chi connectivity index (χ0v) is 21.6. The van der Waals surface area contributed by atoms with Crippen LogP contribution in [0.2, 0.25) is 10.0 Å². The third-order valence-electron chi connectivity index (χ3n) is 8.15. The summed E-state index contributed by atoms with van der Waals surface area (Å²) in [6, 6.07) is 15.3. The molecule has 10 heteroatoms. The summed E-state index contributed by atoms with van der Waals surface area (Å²) >= 11 is 12.4. The molecule has 3 aliphatic rings. The molecule has 0 aliphatic carbocycles. The summed E-state index contributed by atoms with van der Waals surface area (Å²) in [6.45, 7) is 0.502. The van der Waals surface area contributed by atoms with Crippen LogP contribution in [0.4, 0.5) is 10.1 Å². The predicted octanol–water partition coefficient (Wildman–Crippen LogP) is 5.06. The van der Waals surface area contributed by atoms with Crippen molar-refractivity contribution in [3.8, 4) is 0 Å². The SMILES string of the molecule is COC(=O)c1ccc2nc3n(c2c1)C[C@@H]1N[C@]2(Cc4ccc(Cl)cc4NC2=O)[C@@H](c2cccc(Cl)c2F)[C@H]31. The molecule has 3 aliphatic heterocycles. The fraction of sp³-hybridized carbons (Fsp3) is 0.250. The van der Waals surface area contributed by atoms with Gasteiger partial charge >= 0.3 is 5.97 Å². The number of hydrogen-bond donors (Lipinski definition) is 2. The topological polar surface area (TPSA) is 85.2 Å². The Hall–Kier alpha value is -3.46. The lowest BCUT2D eigenvalue weighted by molar-refractivity contribution is -0.123. The quantitative estimate of drug-likeness (QED) is 0.341. The number of carbonyl (C=O) groups excluding carboxylic acids is 2. The van der Waals surface area contributed by atoms with Gasteiger partial charge in [0.15, 0.2) is 0 Å². The van der Waals surface area contributed by atoms with E-state index in [1.807, 2.05) is 10.6 Å². The summed E-state index contributed by atoms with van der Waals surface area (Å²) in [5, 5.41) is 7.14. The minimum Gasteiger partial charge on any atom is -0.465 e. The zero-order valence-electron chi connectivity index (χ0n) is 20.1. The average molecular weight is 551 g/mol. The van der Waals surface area contributed by atoms with Gasteiger partial charge in [0.05, 0.1) is 28.7 Å². The number of aromatic nitrogens is 2. The van der Waals surface area contributed by atoms with Gasteiger partial charge in [0.2, 0.25) is 5.91 Å². The summed E-state index contributed by atoms with van der Waals surface area (Å²) in [5.41, 5.74) is 2.70. The molecular weight excluding hydrogens is 530 g/mol. The Labute approximate surface area is 226 Å². The first-order valence-electron chi connectivity index (χ1n) is 12.2. The lowest BCUT2D eigenvalue weighted by Gasteiger charge is -2.40. The van der Waals surface area contributed by atoms with Gasteiger partial charge in [0, 0.05) is 41.6 Å². The van der Waals surface area contributed by atoms with Crippen LogP contribution >= 0.6 is 23.2 Å². The molecule has 0 bridgehead atoms. The first kappa shape index (κ1) is 23.6. The van der Waals surface area contributed by atoms with Crippen LogP contribution in [0.15, 0.2) is 54.6 Å². The molecule has 0 radical (unpaired) electrons. The van der Waals surface area contributed by atoms with E-state index >= 15 is 4.39 Å². The molecule has 192 valence electrons. The second-order valence-electron chi connectivity index (χ2n) is 10.1. The first-order chi connectivity index (χ1) is 18.3. The lowest BCUT2D eigenvalue weighted by Crippen LogP contribution is -2.59. The summed E-state index contributed by atoms with van der Waals surface area (Å²) in [7, 11) is 1.34. The average Bonchev–Trinajstić information content (AvgIpc) is 3.52. The van der Waals surface area contributed by atoms with E-state index in [1.165, 1.54) is 13.2 Å².